The molecule has 0 radical (unpaired) electrons. The molecule has 2 nitrogen and oxygen atoms in total. The van der Waals surface area contributed by atoms with E-state index >= 15 is 0 Å². The number of aromatic nitrogens is 1. The van der Waals surface area contributed by atoms with Crippen LogP contribution < -0.4 is 5.32 Å². The summed E-state index contributed by atoms with van der Waals surface area (Å²) in [6.45, 7) is 2.13. The first kappa shape index (κ1) is 10.5. The molecule has 0 saturated carbocycles. The maximum absolute atomic E-state index is 5.80. The predicted molar refractivity (Wildman–Crippen MR) is 65.6 cm³/mol. The van der Waals surface area contributed by atoms with Crippen LogP contribution in [0.4, 0.5) is 5.69 Å². The highest BCUT2D eigenvalue weighted by Gasteiger charge is 2.05. The van der Waals surface area contributed by atoms with Gasteiger partial charge in [0, 0.05) is 16.8 Å². The van der Waals surface area contributed by atoms with Crippen LogP contribution >= 0.6 is 22.9 Å². The Bertz CT molecular complexity index is 428. The molecule has 1 atom stereocenters. The molecular formula is C11H11ClN2S. The Morgan fingerprint density at radius 3 is 3.00 bits per heavy atom. The number of hydrogen-bond donors (Lipinski definition) is 1. The average molecular weight is 239 g/mol. The van der Waals surface area contributed by atoms with Crippen LogP contribution in [-0.2, 0) is 0 Å². The maximum atomic E-state index is 5.80. The van der Waals surface area contributed by atoms with Gasteiger partial charge in [-0.05, 0) is 30.5 Å². The van der Waals surface area contributed by atoms with Crippen molar-refractivity contribution in [1.29, 1.82) is 0 Å². The Morgan fingerprint density at radius 1 is 1.47 bits per heavy atom. The normalized spacial score (nSPS) is 12.4. The molecule has 1 N–H and O–H groups in total. The Labute approximate surface area is 97.9 Å². The molecule has 2 rings (SSSR count). The van der Waals surface area contributed by atoms with Crippen molar-refractivity contribution < 1.29 is 0 Å². The quantitative estimate of drug-likeness (QED) is 0.819. The van der Waals surface area contributed by atoms with Crippen molar-refractivity contribution in [2.24, 2.45) is 0 Å². The number of thiophene rings is 1. The van der Waals surface area contributed by atoms with Gasteiger partial charge in [-0.3, -0.25) is 0 Å². The lowest BCUT2D eigenvalue weighted by atomic mass is 10.2. The molecular weight excluding hydrogens is 228 g/mol. The summed E-state index contributed by atoms with van der Waals surface area (Å²) in [5.41, 5.74) is 0.996. The van der Waals surface area contributed by atoms with E-state index < -0.39 is 0 Å². The molecule has 1 unspecified atom stereocenters. The summed E-state index contributed by atoms with van der Waals surface area (Å²) in [6, 6.07) is 8.20. The second-order valence-electron chi connectivity index (χ2n) is 3.25. The van der Waals surface area contributed by atoms with Gasteiger partial charge in [-0.2, -0.15) is 0 Å². The van der Waals surface area contributed by atoms with Crippen LogP contribution in [0.1, 0.15) is 17.8 Å². The van der Waals surface area contributed by atoms with Crippen LogP contribution in [0.2, 0.25) is 5.15 Å². The van der Waals surface area contributed by atoms with Gasteiger partial charge in [-0.25, -0.2) is 4.98 Å². The zero-order valence-corrected chi connectivity index (χ0v) is 9.85. The molecule has 2 aromatic rings. The van der Waals surface area contributed by atoms with E-state index in [9.17, 15) is 0 Å². The topological polar surface area (TPSA) is 24.9 Å². The van der Waals surface area contributed by atoms with Crippen molar-refractivity contribution in [3.05, 3.63) is 45.9 Å². The van der Waals surface area contributed by atoms with Crippen molar-refractivity contribution in [3.63, 3.8) is 0 Å². The van der Waals surface area contributed by atoms with E-state index in [4.69, 9.17) is 11.6 Å². The van der Waals surface area contributed by atoms with Crippen molar-refractivity contribution in [1.82, 2.24) is 4.98 Å². The van der Waals surface area contributed by atoms with Gasteiger partial charge >= 0.3 is 0 Å². The minimum Gasteiger partial charge on any atom is -0.378 e. The molecule has 0 saturated heterocycles. The summed E-state index contributed by atoms with van der Waals surface area (Å²) in [5.74, 6) is 0. The third kappa shape index (κ3) is 2.70. The van der Waals surface area contributed by atoms with E-state index in [2.05, 4.69) is 34.7 Å². The van der Waals surface area contributed by atoms with Crippen molar-refractivity contribution in [2.75, 3.05) is 5.32 Å². The monoisotopic (exact) mass is 238 g/mol. The zero-order chi connectivity index (χ0) is 10.7. The van der Waals surface area contributed by atoms with E-state index in [0.717, 1.165) is 5.69 Å². The van der Waals surface area contributed by atoms with Crippen LogP contribution in [0.5, 0.6) is 0 Å². The summed E-state index contributed by atoms with van der Waals surface area (Å²) >= 11 is 7.55. The van der Waals surface area contributed by atoms with Crippen molar-refractivity contribution >= 4 is 28.6 Å². The molecule has 0 fully saturated rings. The molecule has 15 heavy (non-hydrogen) atoms. The van der Waals surface area contributed by atoms with Gasteiger partial charge < -0.3 is 5.32 Å². The fourth-order valence-corrected chi connectivity index (χ4v) is 2.26. The van der Waals surface area contributed by atoms with Gasteiger partial charge in [-0.15, -0.1) is 11.3 Å². The third-order valence-corrected chi connectivity index (χ3v) is 3.34. The summed E-state index contributed by atoms with van der Waals surface area (Å²) in [4.78, 5) is 5.25. The second kappa shape index (κ2) is 4.64. The Kier molecular flexibility index (Phi) is 3.23. The van der Waals surface area contributed by atoms with Crippen LogP contribution in [0.15, 0.2) is 35.8 Å². The number of pyridine rings is 1. The number of nitrogens with zero attached hydrogens (tertiary/aromatic N) is 1. The Hall–Kier alpha value is -1.06. The lowest BCUT2D eigenvalue weighted by Crippen LogP contribution is -2.04. The van der Waals surface area contributed by atoms with Crippen molar-refractivity contribution in [2.45, 2.75) is 13.0 Å². The number of nitrogens with one attached hydrogen (secondary N) is 1. The molecule has 0 aliphatic heterocycles. The molecule has 0 aromatic carbocycles. The second-order valence-corrected chi connectivity index (χ2v) is 4.62. The number of halogens is 1. The molecule has 0 aliphatic rings. The summed E-state index contributed by atoms with van der Waals surface area (Å²) < 4.78 is 0. The van der Waals surface area contributed by atoms with Gasteiger partial charge in [0.05, 0.1) is 6.04 Å². The van der Waals surface area contributed by atoms with E-state index in [-0.39, 0.29) is 0 Å². The van der Waals surface area contributed by atoms with Gasteiger partial charge in [-0.1, -0.05) is 17.7 Å². The predicted octanol–water partition coefficient (Wildman–Crippen LogP) is 3.97. The van der Waals surface area contributed by atoms with Gasteiger partial charge in [0.2, 0.25) is 0 Å². The highest BCUT2D eigenvalue weighted by Crippen LogP contribution is 2.23. The van der Waals surface area contributed by atoms with Crippen LogP contribution in [0.3, 0.4) is 0 Å². The first-order valence-corrected chi connectivity index (χ1v) is 5.93. The number of anilines is 1. The van der Waals surface area contributed by atoms with Crippen LogP contribution in [-0.4, -0.2) is 4.98 Å². The summed E-state index contributed by atoms with van der Waals surface area (Å²) in [7, 11) is 0. The molecule has 0 amide bonds. The Balaban J connectivity index is 2.09. The minimum absolute atomic E-state index is 0.295. The lowest BCUT2D eigenvalue weighted by Gasteiger charge is -2.13. The molecule has 0 bridgehead atoms. The fourth-order valence-electron chi connectivity index (χ4n) is 1.35. The van der Waals surface area contributed by atoms with Crippen molar-refractivity contribution in [3.8, 4) is 0 Å². The Morgan fingerprint density at radius 2 is 2.33 bits per heavy atom. The molecule has 2 heterocycles. The first-order valence-electron chi connectivity index (χ1n) is 4.67. The van der Waals surface area contributed by atoms with Crippen LogP contribution in [0, 0.1) is 0 Å². The van der Waals surface area contributed by atoms with E-state index in [1.807, 2.05) is 12.1 Å². The van der Waals surface area contributed by atoms with Gasteiger partial charge in [0.25, 0.3) is 0 Å². The molecule has 78 valence electrons. The average Bonchev–Trinajstić information content (AvgIpc) is 2.70. The number of rotatable bonds is 3. The largest absolute Gasteiger partial charge is 0.378 e. The molecule has 4 heteroatoms. The third-order valence-electron chi connectivity index (χ3n) is 2.08. The van der Waals surface area contributed by atoms with Gasteiger partial charge in [0.1, 0.15) is 5.15 Å². The van der Waals surface area contributed by atoms with Gasteiger partial charge in [0.15, 0.2) is 0 Å². The van der Waals surface area contributed by atoms with E-state index in [1.54, 1.807) is 17.5 Å². The van der Waals surface area contributed by atoms with E-state index in [0.29, 0.717) is 11.2 Å². The standard InChI is InChI=1S/C11H11ClN2S/c1-8(10-3-2-6-15-10)14-9-4-5-13-11(12)7-9/h2-8H,1H3,(H,13,14). The highest BCUT2D eigenvalue weighted by molar-refractivity contribution is 7.10. The SMILES string of the molecule is CC(Nc1ccnc(Cl)c1)c1cccs1. The zero-order valence-electron chi connectivity index (χ0n) is 8.27. The summed E-state index contributed by atoms with van der Waals surface area (Å²) in [6.07, 6.45) is 1.70. The lowest BCUT2D eigenvalue weighted by molar-refractivity contribution is 0.907. The molecule has 0 aliphatic carbocycles. The smallest absolute Gasteiger partial charge is 0.131 e. The molecule has 0 spiro atoms. The molecule has 2 aromatic heterocycles. The highest BCUT2D eigenvalue weighted by atomic mass is 35.5. The summed E-state index contributed by atoms with van der Waals surface area (Å²) in [5, 5.41) is 5.96. The van der Waals surface area contributed by atoms with E-state index in [1.165, 1.54) is 4.88 Å². The maximum Gasteiger partial charge on any atom is 0.131 e. The van der Waals surface area contributed by atoms with Crippen LogP contribution in [0.25, 0.3) is 0 Å². The first-order chi connectivity index (χ1) is 7.25. The fraction of sp³-hybridized carbons (Fsp3) is 0.182. The minimum atomic E-state index is 0.295. The number of hydrogen-bond acceptors (Lipinski definition) is 3.